The second kappa shape index (κ2) is 3.95. The Bertz CT molecular complexity index is 334. The van der Waals surface area contributed by atoms with E-state index in [0.29, 0.717) is 0 Å². The number of halogens is 3. The average molecular weight is 225 g/mol. The van der Waals surface area contributed by atoms with Crippen molar-refractivity contribution >= 4 is 17.3 Å². The molecule has 0 aromatic carbocycles. The predicted molar refractivity (Wildman–Crippen MR) is 43.4 cm³/mol. The number of carbonyl (C=O) groups is 1. The Labute approximate surface area is 81.2 Å². The standard InChI is InChI=1S/C7H6F3NO2S/c8-7(9,10)2-1-5-11-4(3-14-5)6(12)13/h3H,1-2H2,(H,12,13). The molecule has 0 bridgehead atoms. The Morgan fingerprint density at radius 3 is 2.64 bits per heavy atom. The smallest absolute Gasteiger partial charge is 0.389 e. The van der Waals surface area contributed by atoms with Crippen LogP contribution in [-0.4, -0.2) is 22.2 Å². The number of aryl methyl sites for hydroxylation is 1. The van der Waals surface area contributed by atoms with Crippen LogP contribution in [0, 0.1) is 0 Å². The van der Waals surface area contributed by atoms with Gasteiger partial charge >= 0.3 is 12.1 Å². The van der Waals surface area contributed by atoms with Crippen LogP contribution in [0.25, 0.3) is 0 Å². The lowest BCUT2D eigenvalue weighted by Gasteiger charge is -2.02. The maximum Gasteiger partial charge on any atom is 0.389 e. The number of nitrogens with zero attached hydrogens (tertiary/aromatic N) is 1. The zero-order valence-electron chi connectivity index (χ0n) is 6.84. The fourth-order valence-corrected chi connectivity index (χ4v) is 1.54. The predicted octanol–water partition coefficient (Wildman–Crippen LogP) is 2.34. The number of carboxylic acid groups (broad SMARTS) is 1. The molecule has 0 aliphatic heterocycles. The Hall–Kier alpha value is -1.11. The molecule has 1 heterocycles. The zero-order chi connectivity index (χ0) is 10.8. The first kappa shape index (κ1) is 11.0. The van der Waals surface area contributed by atoms with Crippen molar-refractivity contribution in [2.24, 2.45) is 0 Å². The zero-order valence-corrected chi connectivity index (χ0v) is 7.65. The molecule has 1 aromatic rings. The van der Waals surface area contributed by atoms with Crippen LogP contribution in [0.3, 0.4) is 0 Å². The summed E-state index contributed by atoms with van der Waals surface area (Å²) in [5, 5.41) is 9.87. The molecular formula is C7H6F3NO2S. The SMILES string of the molecule is O=C(O)c1csc(CCC(F)(F)F)n1. The van der Waals surface area contributed by atoms with E-state index in [9.17, 15) is 18.0 Å². The Morgan fingerprint density at radius 1 is 1.57 bits per heavy atom. The first-order valence-corrected chi connectivity index (χ1v) is 4.51. The second-order valence-corrected chi connectivity index (χ2v) is 3.49. The van der Waals surface area contributed by atoms with Gasteiger partial charge in [-0.25, -0.2) is 9.78 Å². The second-order valence-electron chi connectivity index (χ2n) is 2.55. The lowest BCUT2D eigenvalue weighted by Crippen LogP contribution is -2.08. The van der Waals surface area contributed by atoms with E-state index in [0.717, 1.165) is 11.3 Å². The summed E-state index contributed by atoms with van der Waals surface area (Å²) in [7, 11) is 0. The number of aromatic carboxylic acids is 1. The van der Waals surface area contributed by atoms with Gasteiger partial charge < -0.3 is 5.11 Å². The van der Waals surface area contributed by atoms with Gasteiger partial charge in [0.25, 0.3) is 0 Å². The van der Waals surface area contributed by atoms with Gasteiger partial charge in [0, 0.05) is 18.2 Å². The van der Waals surface area contributed by atoms with Gasteiger partial charge in [-0.3, -0.25) is 0 Å². The van der Waals surface area contributed by atoms with E-state index in [1.807, 2.05) is 0 Å². The normalized spacial score (nSPS) is 11.6. The van der Waals surface area contributed by atoms with E-state index < -0.39 is 18.6 Å². The van der Waals surface area contributed by atoms with Crippen molar-refractivity contribution in [2.45, 2.75) is 19.0 Å². The van der Waals surface area contributed by atoms with Crippen LogP contribution >= 0.6 is 11.3 Å². The molecule has 3 nitrogen and oxygen atoms in total. The van der Waals surface area contributed by atoms with Gasteiger partial charge in [0.05, 0.1) is 5.01 Å². The Balaban J connectivity index is 2.56. The van der Waals surface area contributed by atoms with E-state index in [1.165, 1.54) is 5.38 Å². The molecule has 0 aliphatic rings. The molecule has 1 aromatic heterocycles. The third-order valence-electron chi connectivity index (χ3n) is 1.39. The summed E-state index contributed by atoms with van der Waals surface area (Å²) >= 11 is 0.927. The molecule has 7 heteroatoms. The third kappa shape index (κ3) is 3.33. The molecule has 14 heavy (non-hydrogen) atoms. The highest BCUT2D eigenvalue weighted by Gasteiger charge is 2.27. The number of rotatable bonds is 3. The number of hydrogen-bond donors (Lipinski definition) is 1. The van der Waals surface area contributed by atoms with Gasteiger partial charge in [-0.1, -0.05) is 0 Å². The molecule has 0 saturated carbocycles. The minimum absolute atomic E-state index is 0.194. The molecule has 0 unspecified atom stereocenters. The van der Waals surface area contributed by atoms with E-state index in [1.54, 1.807) is 0 Å². The summed E-state index contributed by atoms with van der Waals surface area (Å²) in [4.78, 5) is 13.9. The molecule has 1 rings (SSSR count). The highest BCUT2D eigenvalue weighted by molar-refractivity contribution is 7.09. The van der Waals surface area contributed by atoms with Crippen molar-refractivity contribution in [1.82, 2.24) is 4.98 Å². The van der Waals surface area contributed by atoms with E-state index in [4.69, 9.17) is 5.11 Å². The van der Waals surface area contributed by atoms with Gasteiger partial charge in [-0.15, -0.1) is 11.3 Å². The molecule has 0 saturated heterocycles. The summed E-state index contributed by atoms with van der Waals surface area (Å²) in [5.74, 6) is -1.22. The van der Waals surface area contributed by atoms with Gasteiger partial charge in [0.2, 0.25) is 0 Å². The molecule has 0 radical (unpaired) electrons. The van der Waals surface area contributed by atoms with Crippen LogP contribution in [-0.2, 0) is 6.42 Å². The third-order valence-corrected chi connectivity index (χ3v) is 2.30. The minimum atomic E-state index is -4.23. The van der Waals surface area contributed by atoms with Crippen molar-refractivity contribution in [3.63, 3.8) is 0 Å². The Morgan fingerprint density at radius 2 is 2.21 bits per heavy atom. The maximum atomic E-state index is 11.8. The number of hydrogen-bond acceptors (Lipinski definition) is 3. The highest BCUT2D eigenvalue weighted by Crippen LogP contribution is 2.23. The number of alkyl halides is 3. The largest absolute Gasteiger partial charge is 0.476 e. The Kier molecular flexibility index (Phi) is 3.10. The van der Waals surface area contributed by atoms with Crippen molar-refractivity contribution < 1.29 is 23.1 Å². The van der Waals surface area contributed by atoms with Crippen molar-refractivity contribution in [3.8, 4) is 0 Å². The van der Waals surface area contributed by atoms with Gasteiger partial charge in [-0.2, -0.15) is 13.2 Å². The maximum absolute atomic E-state index is 11.8. The average Bonchev–Trinajstić information content (AvgIpc) is 2.47. The quantitative estimate of drug-likeness (QED) is 0.858. The molecule has 0 amide bonds. The number of carboxylic acids is 1. The lowest BCUT2D eigenvalue weighted by molar-refractivity contribution is -0.133. The summed E-state index contributed by atoms with van der Waals surface area (Å²) in [6.45, 7) is 0. The van der Waals surface area contributed by atoms with Crippen LogP contribution in [0.15, 0.2) is 5.38 Å². The van der Waals surface area contributed by atoms with Gasteiger partial charge in [0.1, 0.15) is 0 Å². The highest BCUT2D eigenvalue weighted by atomic mass is 32.1. The first-order chi connectivity index (χ1) is 6.38. The fourth-order valence-electron chi connectivity index (χ4n) is 0.773. The molecular weight excluding hydrogens is 219 g/mol. The summed E-state index contributed by atoms with van der Waals surface area (Å²) in [5.41, 5.74) is -0.202. The minimum Gasteiger partial charge on any atom is -0.476 e. The number of aromatic nitrogens is 1. The van der Waals surface area contributed by atoms with Crippen LogP contribution < -0.4 is 0 Å². The van der Waals surface area contributed by atoms with Crippen molar-refractivity contribution in [2.75, 3.05) is 0 Å². The summed E-state index contributed by atoms with van der Waals surface area (Å²) in [6.07, 6.45) is -5.46. The monoisotopic (exact) mass is 225 g/mol. The van der Waals surface area contributed by atoms with Crippen LogP contribution in [0.5, 0.6) is 0 Å². The summed E-state index contributed by atoms with van der Waals surface area (Å²) in [6, 6.07) is 0. The molecule has 0 fully saturated rings. The first-order valence-electron chi connectivity index (χ1n) is 3.63. The fraction of sp³-hybridized carbons (Fsp3) is 0.429. The van der Waals surface area contributed by atoms with Gasteiger partial charge in [0.15, 0.2) is 5.69 Å². The van der Waals surface area contributed by atoms with E-state index in [-0.39, 0.29) is 17.1 Å². The van der Waals surface area contributed by atoms with Crippen molar-refractivity contribution in [3.05, 3.63) is 16.1 Å². The van der Waals surface area contributed by atoms with E-state index >= 15 is 0 Å². The molecule has 0 aliphatic carbocycles. The van der Waals surface area contributed by atoms with Crippen molar-refractivity contribution in [1.29, 1.82) is 0 Å². The molecule has 78 valence electrons. The topological polar surface area (TPSA) is 50.2 Å². The lowest BCUT2D eigenvalue weighted by atomic mass is 10.3. The molecule has 1 N–H and O–H groups in total. The molecule has 0 atom stereocenters. The summed E-state index contributed by atoms with van der Waals surface area (Å²) < 4.78 is 35.3. The number of thiazole rings is 1. The molecule has 0 spiro atoms. The van der Waals surface area contributed by atoms with Crippen LogP contribution in [0.1, 0.15) is 21.9 Å². The van der Waals surface area contributed by atoms with Gasteiger partial charge in [-0.05, 0) is 0 Å². The van der Waals surface area contributed by atoms with E-state index in [2.05, 4.69) is 4.98 Å². The van der Waals surface area contributed by atoms with Crippen LogP contribution in [0.4, 0.5) is 13.2 Å². The van der Waals surface area contributed by atoms with Crippen LogP contribution in [0.2, 0.25) is 0 Å².